The van der Waals surface area contributed by atoms with Gasteiger partial charge in [0.05, 0.1) is 24.0 Å². The zero-order chi connectivity index (χ0) is 17.8. The third kappa shape index (κ3) is 5.32. The molecule has 132 valence electrons. The lowest BCUT2D eigenvalue weighted by molar-refractivity contribution is 0.368. The van der Waals surface area contributed by atoms with Gasteiger partial charge in [-0.25, -0.2) is 21.6 Å². The summed E-state index contributed by atoms with van der Waals surface area (Å²) in [5.74, 6) is 0.470. The summed E-state index contributed by atoms with van der Waals surface area (Å²) in [6.45, 7) is -0.0767. The molecule has 0 saturated heterocycles. The van der Waals surface area contributed by atoms with Gasteiger partial charge in [0.1, 0.15) is 5.76 Å². The fourth-order valence-corrected chi connectivity index (χ4v) is 4.07. The molecular weight excluding hydrogens is 376 g/mol. The highest BCUT2D eigenvalue weighted by Crippen LogP contribution is 2.15. The molecule has 0 atom stereocenters. The zero-order valence-corrected chi connectivity index (χ0v) is 15.2. The molecule has 2 aromatic rings. The minimum atomic E-state index is -3.77. The van der Waals surface area contributed by atoms with Crippen LogP contribution in [-0.2, 0) is 26.6 Å². The van der Waals surface area contributed by atoms with E-state index in [4.69, 9.17) is 16.0 Å². The summed E-state index contributed by atoms with van der Waals surface area (Å²) in [4.78, 5) is 0.0203. The molecule has 1 N–H and O–H groups in total. The summed E-state index contributed by atoms with van der Waals surface area (Å²) in [7, 11) is -7.28. The van der Waals surface area contributed by atoms with Crippen LogP contribution < -0.4 is 4.72 Å². The Morgan fingerprint density at radius 2 is 1.92 bits per heavy atom. The van der Waals surface area contributed by atoms with Gasteiger partial charge in [-0.15, -0.1) is 0 Å². The number of rotatable bonds is 8. The minimum absolute atomic E-state index is 0.0203. The molecule has 0 unspecified atom stereocenters. The smallest absolute Gasteiger partial charge is 0.240 e. The lowest BCUT2D eigenvalue weighted by Gasteiger charge is -2.19. The molecule has 0 aliphatic rings. The fourth-order valence-electron chi connectivity index (χ4n) is 1.96. The molecule has 2 rings (SSSR count). The molecule has 0 bridgehead atoms. The molecule has 0 saturated carbocycles. The molecule has 0 aliphatic carbocycles. The van der Waals surface area contributed by atoms with E-state index in [1.165, 1.54) is 24.5 Å². The van der Waals surface area contributed by atoms with E-state index in [1.807, 2.05) is 0 Å². The molecule has 1 heterocycles. The van der Waals surface area contributed by atoms with E-state index in [0.717, 1.165) is 10.6 Å². The first-order chi connectivity index (χ1) is 11.2. The number of sulfonamides is 2. The second-order valence-electron chi connectivity index (χ2n) is 5.03. The molecule has 0 spiro atoms. The Kier molecular flexibility index (Phi) is 6.05. The van der Waals surface area contributed by atoms with Gasteiger partial charge < -0.3 is 4.42 Å². The molecule has 7 nitrogen and oxygen atoms in total. The van der Waals surface area contributed by atoms with Gasteiger partial charge in [0.15, 0.2) is 0 Å². The maximum absolute atomic E-state index is 12.2. The van der Waals surface area contributed by atoms with Crippen LogP contribution in [0.4, 0.5) is 0 Å². The first kappa shape index (κ1) is 18.9. The SMILES string of the molecule is CS(=O)(=O)N(CCNS(=O)(=O)c1cccc(Cl)c1)Cc1ccco1. The molecule has 0 amide bonds. The molecule has 0 aliphatic heterocycles. The standard InChI is InChI=1S/C14H17ClN2O5S2/c1-23(18,19)17(11-13-5-3-9-22-13)8-7-16-24(20,21)14-6-2-4-12(15)10-14/h2-6,9-10,16H,7-8,11H2,1H3. The van der Waals surface area contributed by atoms with Gasteiger partial charge in [-0.3, -0.25) is 0 Å². The van der Waals surface area contributed by atoms with Crippen LogP contribution in [0.15, 0.2) is 52.0 Å². The van der Waals surface area contributed by atoms with Gasteiger partial charge in [-0.1, -0.05) is 17.7 Å². The maximum atomic E-state index is 12.2. The number of nitrogens with one attached hydrogen (secondary N) is 1. The molecule has 24 heavy (non-hydrogen) atoms. The Morgan fingerprint density at radius 3 is 2.50 bits per heavy atom. The van der Waals surface area contributed by atoms with Crippen LogP contribution in [0.2, 0.25) is 5.02 Å². The zero-order valence-electron chi connectivity index (χ0n) is 12.8. The number of hydrogen-bond acceptors (Lipinski definition) is 5. The maximum Gasteiger partial charge on any atom is 0.240 e. The largest absolute Gasteiger partial charge is 0.468 e. The van der Waals surface area contributed by atoms with Crippen LogP contribution in [0.25, 0.3) is 0 Å². The van der Waals surface area contributed by atoms with Crippen molar-refractivity contribution in [2.75, 3.05) is 19.3 Å². The van der Waals surface area contributed by atoms with Crippen LogP contribution in [0.5, 0.6) is 0 Å². The molecular formula is C14H17ClN2O5S2. The highest BCUT2D eigenvalue weighted by molar-refractivity contribution is 7.89. The number of furan rings is 1. The van der Waals surface area contributed by atoms with Gasteiger partial charge in [-0.2, -0.15) is 4.31 Å². The van der Waals surface area contributed by atoms with E-state index < -0.39 is 20.0 Å². The van der Waals surface area contributed by atoms with Crippen molar-refractivity contribution in [1.29, 1.82) is 0 Å². The van der Waals surface area contributed by atoms with Crippen molar-refractivity contribution in [2.24, 2.45) is 0 Å². The van der Waals surface area contributed by atoms with Crippen LogP contribution >= 0.6 is 11.6 Å². The lowest BCUT2D eigenvalue weighted by atomic mass is 10.4. The van der Waals surface area contributed by atoms with Crippen LogP contribution in [0.1, 0.15) is 5.76 Å². The van der Waals surface area contributed by atoms with E-state index in [0.29, 0.717) is 10.8 Å². The van der Waals surface area contributed by atoms with Crippen LogP contribution in [0.3, 0.4) is 0 Å². The van der Waals surface area contributed by atoms with Gasteiger partial charge >= 0.3 is 0 Å². The van der Waals surface area contributed by atoms with Crippen molar-refractivity contribution < 1.29 is 21.3 Å². The molecule has 1 aromatic heterocycles. The third-order valence-corrected chi connectivity index (χ3v) is 6.08. The number of nitrogens with zero attached hydrogens (tertiary/aromatic N) is 1. The molecule has 1 aromatic carbocycles. The third-order valence-electron chi connectivity index (χ3n) is 3.14. The Hall–Kier alpha value is -1.39. The monoisotopic (exact) mass is 392 g/mol. The summed E-state index contributed by atoms with van der Waals surface area (Å²) in [6.07, 6.45) is 2.50. The molecule has 0 fully saturated rings. The van der Waals surface area contributed by atoms with Gasteiger partial charge in [0.25, 0.3) is 0 Å². The van der Waals surface area contributed by atoms with Gasteiger partial charge in [0.2, 0.25) is 20.0 Å². The normalized spacial score (nSPS) is 12.6. The van der Waals surface area contributed by atoms with Gasteiger partial charge in [-0.05, 0) is 30.3 Å². The first-order valence-electron chi connectivity index (χ1n) is 6.91. The second kappa shape index (κ2) is 7.66. The Balaban J connectivity index is 2.02. The summed E-state index contributed by atoms with van der Waals surface area (Å²) in [5.41, 5.74) is 0. The Morgan fingerprint density at radius 1 is 1.17 bits per heavy atom. The van der Waals surface area contributed by atoms with Crippen molar-refractivity contribution in [2.45, 2.75) is 11.4 Å². The van der Waals surface area contributed by atoms with Crippen molar-refractivity contribution in [3.8, 4) is 0 Å². The quantitative estimate of drug-likeness (QED) is 0.737. The van der Waals surface area contributed by atoms with Crippen LogP contribution in [0, 0.1) is 0 Å². The van der Waals surface area contributed by atoms with E-state index in [1.54, 1.807) is 18.2 Å². The van der Waals surface area contributed by atoms with Crippen molar-refractivity contribution >= 4 is 31.6 Å². The Bertz CT molecular complexity index is 880. The van der Waals surface area contributed by atoms with E-state index in [2.05, 4.69) is 4.72 Å². The average molecular weight is 393 g/mol. The van der Waals surface area contributed by atoms with Crippen molar-refractivity contribution in [3.63, 3.8) is 0 Å². The highest BCUT2D eigenvalue weighted by Gasteiger charge is 2.20. The fraction of sp³-hybridized carbons (Fsp3) is 0.286. The summed E-state index contributed by atoms with van der Waals surface area (Å²) >= 11 is 5.78. The Labute approximate surface area is 146 Å². The highest BCUT2D eigenvalue weighted by atomic mass is 35.5. The van der Waals surface area contributed by atoms with Crippen molar-refractivity contribution in [3.05, 3.63) is 53.4 Å². The molecule has 0 radical (unpaired) electrons. The number of halogens is 1. The lowest BCUT2D eigenvalue weighted by Crippen LogP contribution is -2.37. The van der Waals surface area contributed by atoms with E-state index in [9.17, 15) is 16.8 Å². The average Bonchev–Trinajstić information content (AvgIpc) is 2.98. The van der Waals surface area contributed by atoms with Crippen LogP contribution in [-0.4, -0.2) is 40.5 Å². The number of hydrogen-bond donors (Lipinski definition) is 1. The summed E-state index contributed by atoms with van der Waals surface area (Å²) in [6, 6.07) is 9.12. The van der Waals surface area contributed by atoms with Gasteiger partial charge in [0, 0.05) is 18.1 Å². The molecule has 10 heteroatoms. The first-order valence-corrected chi connectivity index (χ1v) is 10.6. The van der Waals surface area contributed by atoms with E-state index >= 15 is 0 Å². The topological polar surface area (TPSA) is 96.7 Å². The van der Waals surface area contributed by atoms with Crippen molar-refractivity contribution in [1.82, 2.24) is 9.03 Å². The summed E-state index contributed by atoms with van der Waals surface area (Å²) in [5, 5.41) is 0.299. The minimum Gasteiger partial charge on any atom is -0.468 e. The predicted molar refractivity (Wildman–Crippen MR) is 90.6 cm³/mol. The second-order valence-corrected chi connectivity index (χ2v) is 9.22. The summed E-state index contributed by atoms with van der Waals surface area (Å²) < 4.78 is 56.6. The number of benzene rings is 1. The van der Waals surface area contributed by atoms with E-state index in [-0.39, 0.29) is 24.5 Å². The predicted octanol–water partition coefficient (Wildman–Crippen LogP) is 1.67.